The second kappa shape index (κ2) is 4.70. The Hall–Kier alpha value is -0.120. The molecular weight excluding hydrogens is 142 g/mol. The molecule has 3 heteroatoms. The lowest BCUT2D eigenvalue weighted by molar-refractivity contribution is -0.245. The normalized spacial score (nSPS) is 20.2. The van der Waals surface area contributed by atoms with Crippen LogP contribution in [0.15, 0.2) is 0 Å². The number of nitrogens with zero attached hydrogens (tertiary/aromatic N) is 1. The highest BCUT2D eigenvalue weighted by molar-refractivity contribution is 4.78. The molecule has 1 heterocycles. The summed E-state index contributed by atoms with van der Waals surface area (Å²) in [5.74, 6) is 0.902. The highest BCUT2D eigenvalue weighted by Gasteiger charge is 2.24. The van der Waals surface area contributed by atoms with Gasteiger partial charge in [0.25, 0.3) is 0 Å². The zero-order chi connectivity index (χ0) is 8.10. The lowest BCUT2D eigenvalue weighted by Gasteiger charge is -2.38. The van der Waals surface area contributed by atoms with Crippen molar-refractivity contribution in [1.29, 1.82) is 0 Å². The van der Waals surface area contributed by atoms with Crippen LogP contribution in [0.25, 0.3) is 0 Å². The summed E-state index contributed by atoms with van der Waals surface area (Å²) in [6.07, 6.45) is 2.63. The van der Waals surface area contributed by atoms with Gasteiger partial charge in [-0.3, -0.25) is 5.26 Å². The minimum atomic E-state index is 0.443. The zero-order valence-corrected chi connectivity index (χ0v) is 7.12. The summed E-state index contributed by atoms with van der Waals surface area (Å²) in [6.45, 7) is 5.92. The van der Waals surface area contributed by atoms with Crippen LogP contribution in [-0.4, -0.2) is 36.4 Å². The van der Waals surface area contributed by atoms with Gasteiger partial charge in [-0.25, -0.2) is 4.89 Å². The molecular formula is C8H17NO2. The van der Waals surface area contributed by atoms with Crippen LogP contribution in [0.3, 0.4) is 0 Å². The molecule has 0 amide bonds. The molecule has 0 saturated carbocycles. The Kier molecular flexibility index (Phi) is 3.83. The van der Waals surface area contributed by atoms with E-state index in [0.717, 1.165) is 12.5 Å². The van der Waals surface area contributed by atoms with Crippen molar-refractivity contribution < 1.29 is 10.1 Å². The Labute approximate surface area is 67.9 Å². The molecule has 0 aliphatic carbocycles. The molecule has 0 aromatic heterocycles. The molecule has 66 valence electrons. The molecule has 1 aliphatic rings. The van der Waals surface area contributed by atoms with Crippen LogP contribution >= 0.6 is 0 Å². The standard InChI is InChI=1S/C8H17NO2/c1-2-3-8-6-9(7-8)4-5-11-10/h8,10H,2-7H2,1H3. The molecule has 1 fully saturated rings. The van der Waals surface area contributed by atoms with Gasteiger partial charge in [-0.15, -0.1) is 0 Å². The number of hydrogen-bond donors (Lipinski definition) is 1. The quantitative estimate of drug-likeness (QED) is 0.483. The Balaban J connectivity index is 1.92. The third-order valence-electron chi connectivity index (χ3n) is 2.23. The van der Waals surface area contributed by atoms with Crippen molar-refractivity contribution in [3.63, 3.8) is 0 Å². The Morgan fingerprint density at radius 1 is 1.55 bits per heavy atom. The number of hydrogen-bond acceptors (Lipinski definition) is 3. The summed E-state index contributed by atoms with van der Waals surface area (Å²) in [5, 5.41) is 8.08. The molecule has 1 N–H and O–H groups in total. The van der Waals surface area contributed by atoms with Crippen molar-refractivity contribution >= 4 is 0 Å². The van der Waals surface area contributed by atoms with Gasteiger partial charge < -0.3 is 4.90 Å². The molecule has 0 bridgehead atoms. The largest absolute Gasteiger partial charge is 0.300 e. The van der Waals surface area contributed by atoms with Gasteiger partial charge in [0.05, 0.1) is 6.61 Å². The second-order valence-electron chi connectivity index (χ2n) is 3.25. The van der Waals surface area contributed by atoms with Gasteiger partial charge in [-0.1, -0.05) is 13.3 Å². The van der Waals surface area contributed by atoms with Crippen molar-refractivity contribution in [3.05, 3.63) is 0 Å². The number of likely N-dealkylation sites (tertiary alicyclic amines) is 1. The fourth-order valence-corrected chi connectivity index (χ4v) is 1.62. The first-order valence-corrected chi connectivity index (χ1v) is 4.35. The third kappa shape index (κ3) is 2.77. The molecule has 0 atom stereocenters. The van der Waals surface area contributed by atoms with Crippen LogP contribution in [0.2, 0.25) is 0 Å². The smallest absolute Gasteiger partial charge is 0.0946 e. The lowest BCUT2D eigenvalue weighted by atomic mass is 9.95. The Morgan fingerprint density at radius 2 is 2.27 bits per heavy atom. The summed E-state index contributed by atoms with van der Waals surface area (Å²) in [4.78, 5) is 6.30. The van der Waals surface area contributed by atoms with E-state index in [1.807, 2.05) is 0 Å². The molecule has 0 aromatic carbocycles. The highest BCUT2D eigenvalue weighted by Crippen LogP contribution is 2.19. The zero-order valence-electron chi connectivity index (χ0n) is 7.12. The molecule has 1 rings (SSSR count). The maximum Gasteiger partial charge on any atom is 0.0946 e. The van der Waals surface area contributed by atoms with Crippen LogP contribution in [0.1, 0.15) is 19.8 Å². The van der Waals surface area contributed by atoms with E-state index in [-0.39, 0.29) is 0 Å². The molecule has 0 radical (unpaired) electrons. The molecule has 11 heavy (non-hydrogen) atoms. The molecule has 0 spiro atoms. The maximum atomic E-state index is 8.08. The van der Waals surface area contributed by atoms with Gasteiger partial charge >= 0.3 is 0 Å². The van der Waals surface area contributed by atoms with Gasteiger partial charge in [0.15, 0.2) is 0 Å². The third-order valence-corrected chi connectivity index (χ3v) is 2.23. The van der Waals surface area contributed by atoms with E-state index in [9.17, 15) is 0 Å². The molecule has 0 unspecified atom stereocenters. The van der Waals surface area contributed by atoms with Crippen molar-refractivity contribution in [2.45, 2.75) is 19.8 Å². The topological polar surface area (TPSA) is 32.7 Å². The van der Waals surface area contributed by atoms with E-state index in [0.29, 0.717) is 6.61 Å². The second-order valence-corrected chi connectivity index (χ2v) is 3.25. The van der Waals surface area contributed by atoms with Crippen LogP contribution < -0.4 is 0 Å². The van der Waals surface area contributed by atoms with Crippen molar-refractivity contribution in [1.82, 2.24) is 4.90 Å². The predicted octanol–water partition coefficient (Wildman–Crippen LogP) is 1.21. The first-order valence-electron chi connectivity index (χ1n) is 4.35. The van der Waals surface area contributed by atoms with Gasteiger partial charge in [0, 0.05) is 19.6 Å². The van der Waals surface area contributed by atoms with Crippen molar-refractivity contribution in [3.8, 4) is 0 Å². The highest BCUT2D eigenvalue weighted by atomic mass is 17.1. The first kappa shape index (κ1) is 8.97. The van der Waals surface area contributed by atoms with Gasteiger partial charge in [0.1, 0.15) is 0 Å². The molecule has 3 nitrogen and oxygen atoms in total. The van der Waals surface area contributed by atoms with Gasteiger partial charge in [0.2, 0.25) is 0 Å². The Morgan fingerprint density at radius 3 is 2.82 bits per heavy atom. The minimum Gasteiger partial charge on any atom is -0.300 e. The minimum absolute atomic E-state index is 0.443. The van der Waals surface area contributed by atoms with E-state index in [1.165, 1.54) is 25.9 Å². The van der Waals surface area contributed by atoms with E-state index in [4.69, 9.17) is 5.26 Å². The summed E-state index contributed by atoms with van der Waals surface area (Å²) >= 11 is 0. The van der Waals surface area contributed by atoms with Crippen molar-refractivity contribution in [2.75, 3.05) is 26.2 Å². The summed E-state index contributed by atoms with van der Waals surface area (Å²) < 4.78 is 0. The average molecular weight is 159 g/mol. The SMILES string of the molecule is CCCC1CN(CCOO)C1. The van der Waals surface area contributed by atoms with Crippen molar-refractivity contribution in [2.24, 2.45) is 5.92 Å². The van der Waals surface area contributed by atoms with Crippen LogP contribution in [0, 0.1) is 5.92 Å². The van der Waals surface area contributed by atoms with E-state index in [2.05, 4.69) is 16.7 Å². The molecule has 0 aromatic rings. The van der Waals surface area contributed by atoms with Crippen LogP contribution in [-0.2, 0) is 4.89 Å². The average Bonchev–Trinajstić information content (AvgIpc) is 1.94. The monoisotopic (exact) mass is 159 g/mol. The fraction of sp³-hybridized carbons (Fsp3) is 1.00. The summed E-state index contributed by atoms with van der Waals surface area (Å²) in [5.41, 5.74) is 0. The first-order chi connectivity index (χ1) is 5.36. The van der Waals surface area contributed by atoms with Gasteiger partial charge in [-0.05, 0) is 12.3 Å². The maximum absolute atomic E-state index is 8.08. The number of rotatable bonds is 5. The van der Waals surface area contributed by atoms with E-state index < -0.39 is 0 Å². The fourth-order valence-electron chi connectivity index (χ4n) is 1.62. The van der Waals surface area contributed by atoms with Crippen LogP contribution in [0.5, 0.6) is 0 Å². The lowest BCUT2D eigenvalue weighted by Crippen LogP contribution is -2.47. The Bertz CT molecular complexity index is 102. The summed E-state index contributed by atoms with van der Waals surface area (Å²) in [7, 11) is 0. The summed E-state index contributed by atoms with van der Waals surface area (Å²) in [6, 6.07) is 0. The molecule has 1 aliphatic heterocycles. The van der Waals surface area contributed by atoms with E-state index in [1.54, 1.807) is 0 Å². The van der Waals surface area contributed by atoms with Crippen LogP contribution in [0.4, 0.5) is 0 Å². The van der Waals surface area contributed by atoms with Gasteiger partial charge in [-0.2, -0.15) is 0 Å². The van der Waals surface area contributed by atoms with E-state index >= 15 is 0 Å². The molecule has 1 saturated heterocycles. The predicted molar refractivity (Wildman–Crippen MR) is 43.4 cm³/mol.